The molecular formula is C17H23BrN2O. The normalized spacial score (nSPS) is 31.7. The second kappa shape index (κ2) is 5.56. The molecule has 0 aromatic heterocycles. The molecule has 2 unspecified atom stereocenters. The molecule has 1 aliphatic carbocycles. The molecule has 1 saturated carbocycles. The first-order valence-electron chi connectivity index (χ1n) is 8.19. The average Bonchev–Trinajstić information content (AvgIpc) is 3.23. The third-order valence-electron chi connectivity index (χ3n) is 5.20. The van der Waals surface area contributed by atoms with Gasteiger partial charge in [0.25, 0.3) is 0 Å². The van der Waals surface area contributed by atoms with Crippen molar-refractivity contribution in [3.8, 4) is 0 Å². The Kier molecular flexibility index (Phi) is 3.72. The van der Waals surface area contributed by atoms with Crippen LogP contribution in [-0.2, 0) is 6.54 Å². The first-order valence-corrected chi connectivity index (χ1v) is 8.98. The molecule has 1 aromatic rings. The van der Waals surface area contributed by atoms with Gasteiger partial charge in [-0.05, 0) is 56.2 Å². The van der Waals surface area contributed by atoms with E-state index in [1.54, 1.807) is 0 Å². The number of anilines is 1. The minimum atomic E-state index is -0.0933. The fourth-order valence-electron chi connectivity index (χ4n) is 3.95. The third kappa shape index (κ3) is 2.86. The number of hydrogen-bond donors (Lipinski definition) is 2. The van der Waals surface area contributed by atoms with Crippen LogP contribution >= 0.6 is 15.9 Å². The summed E-state index contributed by atoms with van der Waals surface area (Å²) in [5, 5.41) is 13.5. The monoisotopic (exact) mass is 350 g/mol. The highest BCUT2D eigenvalue weighted by atomic mass is 79.9. The summed E-state index contributed by atoms with van der Waals surface area (Å²) in [6.45, 7) is 0.955. The topological polar surface area (TPSA) is 35.5 Å². The summed E-state index contributed by atoms with van der Waals surface area (Å²) >= 11 is 3.74. The van der Waals surface area contributed by atoms with Crippen LogP contribution in [0.2, 0.25) is 0 Å². The first kappa shape index (κ1) is 14.0. The minimum absolute atomic E-state index is 0.0933. The highest BCUT2D eigenvalue weighted by molar-refractivity contribution is 9.10. The number of piperidine rings is 1. The fourth-order valence-corrected chi connectivity index (χ4v) is 4.46. The molecular weight excluding hydrogens is 328 g/mol. The Balaban J connectivity index is 1.51. The van der Waals surface area contributed by atoms with E-state index in [0.717, 1.165) is 25.4 Å². The van der Waals surface area contributed by atoms with Gasteiger partial charge in [0.2, 0.25) is 0 Å². The lowest BCUT2D eigenvalue weighted by Gasteiger charge is -2.39. The molecule has 0 spiro atoms. The van der Waals surface area contributed by atoms with E-state index in [1.165, 1.54) is 41.4 Å². The molecule has 3 aliphatic rings. The lowest BCUT2D eigenvalue weighted by molar-refractivity contribution is 0.126. The van der Waals surface area contributed by atoms with E-state index in [9.17, 15) is 5.11 Å². The van der Waals surface area contributed by atoms with E-state index in [1.807, 2.05) is 0 Å². The van der Waals surface area contributed by atoms with Crippen LogP contribution in [0.1, 0.15) is 44.1 Å². The summed E-state index contributed by atoms with van der Waals surface area (Å²) in [5.41, 5.74) is 2.66. The van der Waals surface area contributed by atoms with Crippen LogP contribution in [0.5, 0.6) is 0 Å². The van der Waals surface area contributed by atoms with Crippen molar-refractivity contribution in [1.82, 2.24) is 5.32 Å². The first-order chi connectivity index (χ1) is 10.2. The maximum atomic E-state index is 9.94. The van der Waals surface area contributed by atoms with Gasteiger partial charge in [-0.25, -0.2) is 0 Å². The number of halogens is 1. The van der Waals surface area contributed by atoms with Crippen molar-refractivity contribution in [2.45, 2.75) is 69.3 Å². The Morgan fingerprint density at radius 1 is 1.14 bits per heavy atom. The van der Waals surface area contributed by atoms with Gasteiger partial charge in [-0.2, -0.15) is 0 Å². The number of rotatable bonds is 4. The summed E-state index contributed by atoms with van der Waals surface area (Å²) in [5.74, 6) is 0. The van der Waals surface area contributed by atoms with Crippen molar-refractivity contribution in [2.24, 2.45) is 0 Å². The van der Waals surface area contributed by atoms with Crippen molar-refractivity contribution in [3.63, 3.8) is 0 Å². The molecule has 21 heavy (non-hydrogen) atoms. The Morgan fingerprint density at radius 2 is 1.86 bits per heavy atom. The number of nitrogens with one attached hydrogen (secondary N) is 1. The van der Waals surface area contributed by atoms with Crippen molar-refractivity contribution >= 4 is 21.6 Å². The maximum Gasteiger partial charge on any atom is 0.0579 e. The van der Waals surface area contributed by atoms with Crippen molar-refractivity contribution in [3.05, 3.63) is 28.2 Å². The smallest absolute Gasteiger partial charge is 0.0579 e. The van der Waals surface area contributed by atoms with Crippen LogP contribution in [0, 0.1) is 0 Å². The Hall–Kier alpha value is -0.580. The van der Waals surface area contributed by atoms with Gasteiger partial charge in [-0.15, -0.1) is 0 Å². The molecule has 3 nitrogen and oxygen atoms in total. The second-order valence-corrected chi connectivity index (χ2v) is 7.70. The highest BCUT2D eigenvalue weighted by Gasteiger charge is 2.40. The van der Waals surface area contributed by atoms with Crippen molar-refractivity contribution in [2.75, 3.05) is 4.90 Å². The molecule has 2 heterocycles. The van der Waals surface area contributed by atoms with E-state index in [2.05, 4.69) is 44.3 Å². The van der Waals surface area contributed by atoms with E-state index >= 15 is 0 Å². The van der Waals surface area contributed by atoms with Crippen molar-refractivity contribution in [1.29, 1.82) is 0 Å². The Labute approximate surface area is 134 Å². The SMILES string of the molecule is OC1CC2CCC(C1)N2c1ccc(CNC2CC2)c(Br)c1. The number of nitrogens with zero attached hydrogens (tertiary/aromatic N) is 1. The largest absolute Gasteiger partial charge is 0.393 e. The molecule has 2 saturated heterocycles. The summed E-state index contributed by atoms with van der Waals surface area (Å²) in [6.07, 6.45) is 6.88. The van der Waals surface area contributed by atoms with Crippen LogP contribution in [-0.4, -0.2) is 29.3 Å². The van der Waals surface area contributed by atoms with Gasteiger partial charge in [-0.3, -0.25) is 0 Å². The van der Waals surface area contributed by atoms with Crippen LogP contribution in [0.15, 0.2) is 22.7 Å². The molecule has 2 atom stereocenters. The van der Waals surface area contributed by atoms with Crippen LogP contribution in [0.4, 0.5) is 5.69 Å². The number of aliphatic hydroxyl groups excluding tert-OH is 1. The summed E-state index contributed by atoms with van der Waals surface area (Å²) in [7, 11) is 0. The average molecular weight is 351 g/mol. The van der Waals surface area contributed by atoms with Gasteiger partial charge in [0, 0.05) is 34.8 Å². The predicted octanol–water partition coefficient (Wildman–Crippen LogP) is 3.19. The van der Waals surface area contributed by atoms with Gasteiger partial charge >= 0.3 is 0 Å². The molecule has 4 heteroatoms. The number of benzene rings is 1. The summed E-state index contributed by atoms with van der Waals surface area (Å²) in [6, 6.07) is 8.59. The zero-order valence-electron chi connectivity index (χ0n) is 12.3. The summed E-state index contributed by atoms with van der Waals surface area (Å²) in [4.78, 5) is 2.55. The van der Waals surface area contributed by atoms with Gasteiger partial charge in [0.05, 0.1) is 6.10 Å². The van der Waals surface area contributed by atoms with E-state index in [-0.39, 0.29) is 6.10 Å². The standard InChI is InChI=1S/C17H23BrN2O/c18-17-9-15(4-1-11(17)10-19-12-2-3-12)20-13-5-6-14(20)8-16(21)7-13/h1,4,9,12-14,16,19,21H,2-3,5-8,10H2. The minimum Gasteiger partial charge on any atom is -0.393 e. The molecule has 114 valence electrons. The fraction of sp³-hybridized carbons (Fsp3) is 0.647. The molecule has 2 bridgehead atoms. The van der Waals surface area contributed by atoms with Gasteiger partial charge in [0.1, 0.15) is 0 Å². The highest BCUT2D eigenvalue weighted by Crippen LogP contribution is 2.40. The molecule has 2 aliphatic heterocycles. The molecule has 2 N–H and O–H groups in total. The zero-order chi connectivity index (χ0) is 14.4. The second-order valence-electron chi connectivity index (χ2n) is 6.85. The number of hydrogen-bond acceptors (Lipinski definition) is 3. The molecule has 0 radical (unpaired) electrons. The lowest BCUT2D eigenvalue weighted by Crippen LogP contribution is -2.44. The van der Waals surface area contributed by atoms with E-state index in [4.69, 9.17) is 0 Å². The molecule has 1 aromatic carbocycles. The maximum absolute atomic E-state index is 9.94. The van der Waals surface area contributed by atoms with Crippen LogP contribution in [0.25, 0.3) is 0 Å². The van der Waals surface area contributed by atoms with Gasteiger partial charge in [-0.1, -0.05) is 22.0 Å². The van der Waals surface area contributed by atoms with Gasteiger partial charge < -0.3 is 15.3 Å². The van der Waals surface area contributed by atoms with Crippen LogP contribution < -0.4 is 10.2 Å². The molecule has 0 amide bonds. The zero-order valence-corrected chi connectivity index (χ0v) is 13.8. The van der Waals surface area contributed by atoms with Gasteiger partial charge in [0.15, 0.2) is 0 Å². The predicted molar refractivity (Wildman–Crippen MR) is 88.5 cm³/mol. The Morgan fingerprint density at radius 3 is 2.48 bits per heavy atom. The number of aliphatic hydroxyl groups is 1. The Bertz CT molecular complexity index is 518. The van der Waals surface area contributed by atoms with E-state index < -0.39 is 0 Å². The third-order valence-corrected chi connectivity index (χ3v) is 5.94. The molecule has 4 rings (SSSR count). The lowest BCUT2D eigenvalue weighted by atomic mass is 9.99. The number of fused-ring (bicyclic) bond motifs is 2. The summed E-state index contributed by atoms with van der Waals surface area (Å²) < 4.78 is 1.21. The molecule has 3 fully saturated rings. The van der Waals surface area contributed by atoms with Crippen molar-refractivity contribution < 1.29 is 5.11 Å². The van der Waals surface area contributed by atoms with E-state index in [0.29, 0.717) is 12.1 Å². The quantitative estimate of drug-likeness (QED) is 0.875. The van der Waals surface area contributed by atoms with Crippen LogP contribution in [0.3, 0.4) is 0 Å².